The summed E-state index contributed by atoms with van der Waals surface area (Å²) in [5.74, 6) is 1.49. The fraction of sp³-hybridized carbons (Fsp3) is 0.750. The van der Waals surface area contributed by atoms with Gasteiger partial charge in [-0.1, -0.05) is 0 Å². The van der Waals surface area contributed by atoms with Gasteiger partial charge < -0.3 is 14.8 Å². The van der Waals surface area contributed by atoms with Crippen LogP contribution >= 0.6 is 0 Å². The van der Waals surface area contributed by atoms with Crippen molar-refractivity contribution in [2.75, 3.05) is 13.1 Å². The van der Waals surface area contributed by atoms with E-state index in [4.69, 9.17) is 4.42 Å². The molecule has 1 aliphatic heterocycles. The van der Waals surface area contributed by atoms with Gasteiger partial charge >= 0.3 is 0 Å². The van der Waals surface area contributed by atoms with E-state index in [2.05, 4.69) is 15.2 Å². The Balaban J connectivity index is 1.46. The Morgan fingerprint density at radius 3 is 2.59 bits per heavy atom. The van der Waals surface area contributed by atoms with Gasteiger partial charge in [0.2, 0.25) is 11.8 Å². The Morgan fingerprint density at radius 2 is 2.05 bits per heavy atom. The summed E-state index contributed by atoms with van der Waals surface area (Å²) in [5.41, 5.74) is 0.942. The number of aliphatic hydroxyl groups is 1. The molecule has 1 aromatic heterocycles. The fourth-order valence-corrected chi connectivity index (χ4v) is 2.95. The van der Waals surface area contributed by atoms with E-state index in [0.717, 1.165) is 56.1 Å². The third-order valence-corrected chi connectivity index (χ3v) is 4.70. The standard InChI is InChI=1S/C16H25N3O3/c1-10-11(2)22-14(17-10)9-19-7-5-12(6-8-19)15(20)16(21)18-13-3-4-13/h12-13,15,20H,3-9H2,1-2H3,(H,18,21). The molecular formula is C16H25N3O3. The zero-order chi connectivity index (χ0) is 15.7. The molecule has 3 rings (SSSR count). The molecule has 2 fully saturated rings. The molecule has 0 spiro atoms. The van der Waals surface area contributed by atoms with Crippen LogP contribution in [0.15, 0.2) is 4.42 Å². The molecule has 6 nitrogen and oxygen atoms in total. The maximum absolute atomic E-state index is 11.9. The van der Waals surface area contributed by atoms with Gasteiger partial charge in [0, 0.05) is 6.04 Å². The lowest BCUT2D eigenvalue weighted by Crippen LogP contribution is -2.44. The van der Waals surface area contributed by atoms with Crippen LogP contribution in [-0.2, 0) is 11.3 Å². The number of rotatable bonds is 5. The number of amides is 1. The number of nitrogens with zero attached hydrogens (tertiary/aromatic N) is 2. The van der Waals surface area contributed by atoms with Crippen molar-refractivity contribution < 1.29 is 14.3 Å². The average Bonchev–Trinajstić information content (AvgIpc) is 3.25. The highest BCUT2D eigenvalue weighted by atomic mass is 16.4. The molecule has 2 heterocycles. The molecule has 22 heavy (non-hydrogen) atoms. The van der Waals surface area contributed by atoms with E-state index >= 15 is 0 Å². The van der Waals surface area contributed by atoms with E-state index in [1.165, 1.54) is 0 Å². The lowest BCUT2D eigenvalue weighted by Gasteiger charge is -2.33. The van der Waals surface area contributed by atoms with Crippen molar-refractivity contribution >= 4 is 5.91 Å². The molecule has 0 aromatic carbocycles. The first-order chi connectivity index (χ1) is 10.5. The minimum atomic E-state index is -0.867. The second-order valence-electron chi connectivity index (χ2n) is 6.59. The van der Waals surface area contributed by atoms with Crippen molar-refractivity contribution in [3.63, 3.8) is 0 Å². The summed E-state index contributed by atoms with van der Waals surface area (Å²) in [6.45, 7) is 6.29. The summed E-state index contributed by atoms with van der Waals surface area (Å²) in [6, 6.07) is 0.304. The largest absolute Gasteiger partial charge is 0.444 e. The minimum Gasteiger partial charge on any atom is -0.444 e. The predicted octanol–water partition coefficient (Wildman–Crippen LogP) is 1.14. The molecule has 6 heteroatoms. The van der Waals surface area contributed by atoms with Crippen LogP contribution in [0.3, 0.4) is 0 Å². The highest BCUT2D eigenvalue weighted by Gasteiger charge is 2.33. The average molecular weight is 307 g/mol. The number of carbonyl (C=O) groups is 1. The molecule has 1 amide bonds. The van der Waals surface area contributed by atoms with Gasteiger partial charge in [0.15, 0.2) is 0 Å². The maximum atomic E-state index is 11.9. The maximum Gasteiger partial charge on any atom is 0.249 e. The number of piperidine rings is 1. The highest BCUT2D eigenvalue weighted by Crippen LogP contribution is 2.24. The zero-order valence-corrected chi connectivity index (χ0v) is 13.3. The molecular weight excluding hydrogens is 282 g/mol. The quantitative estimate of drug-likeness (QED) is 0.853. The number of hydrogen-bond donors (Lipinski definition) is 2. The molecule has 2 aliphatic rings. The summed E-state index contributed by atoms with van der Waals surface area (Å²) < 4.78 is 5.61. The van der Waals surface area contributed by atoms with Crippen molar-refractivity contribution in [3.8, 4) is 0 Å². The number of oxazole rings is 1. The predicted molar refractivity (Wildman–Crippen MR) is 81.1 cm³/mol. The molecule has 1 saturated heterocycles. The Kier molecular flexibility index (Phi) is 4.49. The molecule has 1 atom stereocenters. The van der Waals surface area contributed by atoms with Crippen molar-refractivity contribution in [2.45, 2.75) is 58.2 Å². The Bertz CT molecular complexity index is 511. The summed E-state index contributed by atoms with van der Waals surface area (Å²) in [4.78, 5) is 18.6. The SMILES string of the molecule is Cc1nc(CN2CCC(C(O)C(=O)NC3CC3)CC2)oc1C. The van der Waals surface area contributed by atoms with Gasteiger partial charge in [0.25, 0.3) is 0 Å². The van der Waals surface area contributed by atoms with Crippen LogP contribution in [0.1, 0.15) is 43.0 Å². The molecule has 1 aromatic rings. The van der Waals surface area contributed by atoms with Crippen molar-refractivity contribution in [1.82, 2.24) is 15.2 Å². The smallest absolute Gasteiger partial charge is 0.249 e. The Morgan fingerprint density at radius 1 is 1.36 bits per heavy atom. The number of nitrogens with one attached hydrogen (secondary N) is 1. The summed E-state index contributed by atoms with van der Waals surface area (Å²) in [5, 5.41) is 13.1. The van der Waals surface area contributed by atoms with Crippen molar-refractivity contribution in [3.05, 3.63) is 17.3 Å². The van der Waals surface area contributed by atoms with Crippen LogP contribution in [0.2, 0.25) is 0 Å². The molecule has 2 N–H and O–H groups in total. The second kappa shape index (κ2) is 6.38. The Labute approximate surface area is 130 Å². The minimum absolute atomic E-state index is 0.0584. The van der Waals surface area contributed by atoms with Gasteiger partial charge in [-0.05, 0) is 58.5 Å². The number of hydrogen-bond acceptors (Lipinski definition) is 5. The first-order valence-corrected chi connectivity index (χ1v) is 8.16. The number of aliphatic hydroxyl groups excluding tert-OH is 1. The molecule has 1 aliphatic carbocycles. The van der Waals surface area contributed by atoms with Crippen LogP contribution in [0, 0.1) is 19.8 Å². The van der Waals surface area contributed by atoms with E-state index in [9.17, 15) is 9.90 Å². The highest BCUT2D eigenvalue weighted by molar-refractivity contribution is 5.81. The number of carbonyl (C=O) groups excluding carboxylic acids is 1. The van der Waals surface area contributed by atoms with Gasteiger partial charge in [-0.3, -0.25) is 9.69 Å². The Hall–Kier alpha value is -1.40. The van der Waals surface area contributed by atoms with Gasteiger partial charge in [-0.15, -0.1) is 0 Å². The molecule has 0 bridgehead atoms. The van der Waals surface area contributed by atoms with Gasteiger partial charge in [0.1, 0.15) is 11.9 Å². The van der Waals surface area contributed by atoms with E-state index in [0.29, 0.717) is 12.6 Å². The van der Waals surface area contributed by atoms with Crippen LogP contribution in [0.5, 0.6) is 0 Å². The summed E-state index contributed by atoms with van der Waals surface area (Å²) >= 11 is 0. The molecule has 0 radical (unpaired) electrons. The summed E-state index contributed by atoms with van der Waals surface area (Å²) in [6.07, 6.45) is 2.89. The number of likely N-dealkylation sites (tertiary alicyclic amines) is 1. The van der Waals surface area contributed by atoms with E-state index in [1.54, 1.807) is 0 Å². The normalized spacial score (nSPS) is 21.8. The molecule has 122 valence electrons. The van der Waals surface area contributed by atoms with Gasteiger partial charge in [-0.25, -0.2) is 4.98 Å². The van der Waals surface area contributed by atoms with Crippen LogP contribution in [0.4, 0.5) is 0 Å². The van der Waals surface area contributed by atoms with Gasteiger partial charge in [0.05, 0.1) is 12.2 Å². The van der Waals surface area contributed by atoms with Crippen LogP contribution in [0.25, 0.3) is 0 Å². The first-order valence-electron chi connectivity index (χ1n) is 8.16. The lowest BCUT2D eigenvalue weighted by molar-refractivity contribution is -0.133. The van der Waals surface area contributed by atoms with Crippen LogP contribution in [-0.4, -0.2) is 46.1 Å². The van der Waals surface area contributed by atoms with Crippen molar-refractivity contribution in [2.24, 2.45) is 5.92 Å². The van der Waals surface area contributed by atoms with E-state index in [-0.39, 0.29) is 11.8 Å². The molecule has 1 unspecified atom stereocenters. The zero-order valence-electron chi connectivity index (χ0n) is 13.3. The van der Waals surface area contributed by atoms with Crippen molar-refractivity contribution in [1.29, 1.82) is 0 Å². The third kappa shape index (κ3) is 3.67. The van der Waals surface area contributed by atoms with E-state index < -0.39 is 6.10 Å². The first kappa shape index (κ1) is 15.5. The van der Waals surface area contributed by atoms with Crippen LogP contribution < -0.4 is 5.32 Å². The monoisotopic (exact) mass is 307 g/mol. The van der Waals surface area contributed by atoms with Gasteiger partial charge in [-0.2, -0.15) is 0 Å². The lowest BCUT2D eigenvalue weighted by atomic mass is 9.90. The second-order valence-corrected chi connectivity index (χ2v) is 6.59. The number of aromatic nitrogens is 1. The van der Waals surface area contributed by atoms with E-state index in [1.807, 2.05) is 13.8 Å². The summed E-state index contributed by atoms with van der Waals surface area (Å²) in [7, 11) is 0. The topological polar surface area (TPSA) is 78.6 Å². The molecule has 1 saturated carbocycles. The third-order valence-electron chi connectivity index (χ3n) is 4.70. The fourth-order valence-electron chi connectivity index (χ4n) is 2.95. The number of aryl methyl sites for hydroxylation is 2.